The highest BCUT2D eigenvalue weighted by Crippen LogP contribution is 2.44. The summed E-state index contributed by atoms with van der Waals surface area (Å²) in [5.74, 6) is -1.30. The van der Waals surface area contributed by atoms with Crippen molar-refractivity contribution < 1.29 is 33.6 Å². The monoisotopic (exact) mass is 582 g/mol. The number of phenols is 2. The van der Waals surface area contributed by atoms with E-state index in [-0.39, 0.29) is 44.7 Å². The fourth-order valence-electron chi connectivity index (χ4n) is 4.24. The van der Waals surface area contributed by atoms with Crippen molar-refractivity contribution in [1.82, 2.24) is 15.3 Å². The van der Waals surface area contributed by atoms with Crippen LogP contribution in [-0.4, -0.2) is 69.8 Å². The van der Waals surface area contributed by atoms with Crippen LogP contribution in [0.2, 0.25) is 0 Å². The third-order valence-corrected chi connectivity index (χ3v) is 7.72. The van der Waals surface area contributed by atoms with E-state index in [2.05, 4.69) is 15.3 Å². The third-order valence-electron chi connectivity index (χ3n) is 6.81. The highest BCUT2D eigenvalue weighted by atomic mass is 32.2. The maximum Gasteiger partial charge on any atom is 0.238 e. The number of aliphatic hydroxyl groups is 2. The maximum atomic E-state index is 13.3. The molecule has 0 unspecified atom stereocenters. The van der Waals surface area contributed by atoms with Gasteiger partial charge in [0.2, 0.25) is 15.9 Å². The number of rotatable bonds is 9. The van der Waals surface area contributed by atoms with E-state index in [1.807, 2.05) is 0 Å². The molecule has 0 saturated heterocycles. The van der Waals surface area contributed by atoms with Crippen LogP contribution in [0.4, 0.5) is 0 Å². The molecule has 0 radical (unpaired) electrons. The number of nitrogen functional groups attached to an aromatic ring is 1. The van der Waals surface area contributed by atoms with Crippen LogP contribution >= 0.6 is 0 Å². The highest BCUT2D eigenvalue weighted by molar-refractivity contribution is 7.89. The molecule has 13 nitrogen and oxygen atoms in total. The van der Waals surface area contributed by atoms with Gasteiger partial charge in [-0.2, -0.15) is 0 Å². The van der Waals surface area contributed by atoms with E-state index in [1.54, 1.807) is 32.0 Å². The Morgan fingerprint density at radius 1 is 1.05 bits per heavy atom. The number of amides is 1. The fourth-order valence-corrected chi connectivity index (χ4v) is 4.78. The van der Waals surface area contributed by atoms with Gasteiger partial charge in [-0.3, -0.25) is 10.2 Å². The summed E-state index contributed by atoms with van der Waals surface area (Å²) in [6.07, 6.45) is 0. The average Bonchev–Trinajstić information content (AvgIpc) is 3.34. The lowest BCUT2D eigenvalue weighted by Crippen LogP contribution is -2.48. The smallest absolute Gasteiger partial charge is 0.238 e. The predicted octanol–water partition coefficient (Wildman–Crippen LogP) is 0.987. The molecule has 0 fully saturated rings. The lowest BCUT2D eigenvalue weighted by molar-refractivity contribution is -0.127. The Balaban J connectivity index is 1.99. The molecule has 11 N–H and O–H groups in total. The fraction of sp³-hybridized carbons (Fsp3) is 0.222. The Morgan fingerprint density at radius 3 is 2.32 bits per heavy atom. The zero-order valence-corrected chi connectivity index (χ0v) is 23.0. The molecule has 3 aromatic carbocycles. The third kappa shape index (κ3) is 5.71. The highest BCUT2D eigenvalue weighted by Gasteiger charge is 2.33. The molecule has 0 bridgehead atoms. The molecular weight excluding hydrogens is 552 g/mol. The van der Waals surface area contributed by atoms with Crippen LogP contribution in [0, 0.1) is 5.41 Å². The van der Waals surface area contributed by atoms with E-state index in [9.17, 15) is 33.6 Å². The van der Waals surface area contributed by atoms with E-state index < -0.39 is 40.6 Å². The first-order chi connectivity index (χ1) is 19.2. The zero-order valence-electron chi connectivity index (χ0n) is 22.1. The number of primary sulfonamides is 1. The van der Waals surface area contributed by atoms with E-state index >= 15 is 0 Å². The topological polar surface area (TPSA) is 249 Å². The summed E-state index contributed by atoms with van der Waals surface area (Å²) in [5.41, 5.74) is 6.03. The van der Waals surface area contributed by atoms with Gasteiger partial charge >= 0.3 is 0 Å². The van der Waals surface area contributed by atoms with Gasteiger partial charge in [-0.05, 0) is 67.9 Å². The van der Waals surface area contributed by atoms with Crippen LogP contribution in [-0.2, 0) is 20.2 Å². The van der Waals surface area contributed by atoms with Crippen LogP contribution in [0.25, 0.3) is 33.5 Å². The molecule has 0 aliphatic carbocycles. The number of aromatic nitrogens is 2. The number of aliphatic hydroxyl groups excluding tert-OH is 2. The Labute approximate surface area is 235 Å². The molecule has 216 valence electrons. The predicted molar refractivity (Wildman–Crippen MR) is 152 cm³/mol. The van der Waals surface area contributed by atoms with Gasteiger partial charge in [-0.1, -0.05) is 0 Å². The van der Waals surface area contributed by atoms with Crippen LogP contribution < -0.4 is 16.2 Å². The van der Waals surface area contributed by atoms with Crippen molar-refractivity contribution in [2.75, 3.05) is 13.2 Å². The van der Waals surface area contributed by atoms with Gasteiger partial charge < -0.3 is 36.5 Å². The zero-order chi connectivity index (χ0) is 30.3. The number of phenolic OH excluding ortho intramolecular Hbond substituents is 2. The van der Waals surface area contributed by atoms with Crippen molar-refractivity contribution >= 4 is 32.8 Å². The van der Waals surface area contributed by atoms with Gasteiger partial charge in [0.25, 0.3) is 0 Å². The van der Waals surface area contributed by atoms with E-state index in [1.165, 1.54) is 12.1 Å². The van der Waals surface area contributed by atoms with Gasteiger partial charge in [0, 0.05) is 16.7 Å². The quantitative estimate of drug-likeness (QED) is 0.101. The van der Waals surface area contributed by atoms with Crippen molar-refractivity contribution in [2.45, 2.75) is 30.2 Å². The standard InChI is InChI=1S/C27H30N6O7S/c1-27(2,26(38)31-15(11-34)12-35)14-8-18(17-10-16(41(30,39)40)4-6-22(17)36)23(37)19(9-14)25-32-20-5-3-13(24(28)29)7-21(20)33-25/h3-10,15,34-37H,11-12H2,1-2H3,(H3,28,29)(H,31,38)(H,32,33)(H2,30,39,40). The number of hydrogen-bond donors (Lipinski definition) is 9. The number of fused-ring (bicyclic) bond motifs is 1. The van der Waals surface area contributed by atoms with Crippen molar-refractivity contribution in [3.63, 3.8) is 0 Å². The summed E-state index contributed by atoms with van der Waals surface area (Å²) >= 11 is 0. The lowest BCUT2D eigenvalue weighted by atomic mass is 9.80. The first kappa shape index (κ1) is 29.5. The second-order valence-electron chi connectivity index (χ2n) is 10.0. The second kappa shape index (κ2) is 10.8. The number of nitrogens with two attached hydrogens (primary N) is 2. The number of carbonyl (C=O) groups is 1. The Bertz CT molecular complexity index is 1780. The largest absolute Gasteiger partial charge is 0.507 e. The number of hydrogen-bond acceptors (Lipinski definition) is 9. The van der Waals surface area contributed by atoms with E-state index in [0.29, 0.717) is 22.2 Å². The number of benzene rings is 3. The van der Waals surface area contributed by atoms with Gasteiger partial charge in [0.15, 0.2) is 0 Å². The molecule has 0 saturated carbocycles. The van der Waals surface area contributed by atoms with Crippen LogP contribution in [0.5, 0.6) is 11.5 Å². The maximum absolute atomic E-state index is 13.3. The minimum absolute atomic E-state index is 0.0212. The molecule has 1 heterocycles. The molecular formula is C27H30N6O7S. The van der Waals surface area contributed by atoms with Gasteiger partial charge in [0.1, 0.15) is 23.2 Å². The Hall–Kier alpha value is -4.50. The van der Waals surface area contributed by atoms with Crippen LogP contribution in [0.1, 0.15) is 25.0 Å². The van der Waals surface area contributed by atoms with Crippen molar-refractivity contribution in [3.05, 3.63) is 59.7 Å². The number of H-pyrrole nitrogens is 1. The summed E-state index contributed by atoms with van der Waals surface area (Å²) in [6.45, 7) is 2.15. The molecule has 0 atom stereocenters. The molecule has 41 heavy (non-hydrogen) atoms. The first-order valence-corrected chi connectivity index (χ1v) is 13.8. The summed E-state index contributed by atoms with van der Waals surface area (Å²) in [4.78, 5) is 20.6. The number of nitrogens with zero attached hydrogens (tertiary/aromatic N) is 1. The Morgan fingerprint density at radius 2 is 1.71 bits per heavy atom. The molecule has 0 spiro atoms. The lowest BCUT2D eigenvalue weighted by Gasteiger charge is -2.28. The van der Waals surface area contributed by atoms with Gasteiger partial charge in [-0.25, -0.2) is 18.5 Å². The summed E-state index contributed by atoms with van der Waals surface area (Å²) in [6, 6.07) is 10.2. The van der Waals surface area contributed by atoms with E-state index in [4.69, 9.17) is 16.3 Å². The van der Waals surface area contributed by atoms with Gasteiger partial charge in [0.05, 0.1) is 46.2 Å². The minimum atomic E-state index is -4.18. The van der Waals surface area contributed by atoms with Crippen LogP contribution in [0.3, 0.4) is 0 Å². The summed E-state index contributed by atoms with van der Waals surface area (Å²) < 4.78 is 24.1. The summed E-state index contributed by atoms with van der Waals surface area (Å²) in [7, 11) is -4.18. The van der Waals surface area contributed by atoms with Crippen molar-refractivity contribution in [1.29, 1.82) is 5.41 Å². The Kier molecular flexibility index (Phi) is 7.78. The first-order valence-electron chi connectivity index (χ1n) is 12.3. The molecule has 14 heteroatoms. The molecule has 0 aliphatic heterocycles. The van der Waals surface area contributed by atoms with E-state index in [0.717, 1.165) is 18.2 Å². The minimum Gasteiger partial charge on any atom is -0.507 e. The second-order valence-corrected chi connectivity index (χ2v) is 11.6. The molecule has 1 amide bonds. The van der Waals surface area contributed by atoms with Crippen molar-refractivity contribution in [3.8, 4) is 34.0 Å². The molecule has 1 aromatic heterocycles. The number of aromatic amines is 1. The number of aromatic hydroxyl groups is 2. The molecule has 4 rings (SSSR count). The number of nitrogens with one attached hydrogen (secondary N) is 3. The number of sulfonamides is 1. The van der Waals surface area contributed by atoms with Crippen molar-refractivity contribution in [2.24, 2.45) is 10.9 Å². The molecule has 4 aromatic rings. The van der Waals surface area contributed by atoms with Gasteiger partial charge in [-0.15, -0.1) is 0 Å². The number of carbonyl (C=O) groups excluding carboxylic acids is 1. The number of amidine groups is 1. The summed E-state index contributed by atoms with van der Waals surface area (Å²) in [5, 5.41) is 56.6. The SMILES string of the molecule is CC(C)(C(=O)NC(CO)CO)c1cc(-c2nc3ccc(C(=N)N)cc3[nH]2)c(O)c(-c2cc(S(N)(=O)=O)ccc2O)c1. The van der Waals surface area contributed by atoms with Crippen LogP contribution in [0.15, 0.2) is 53.4 Å². The molecule has 0 aliphatic rings. The average molecular weight is 583 g/mol. The number of imidazole rings is 1. The normalized spacial score (nSPS) is 12.1.